The molecule has 414 valence electrons. The molecule has 1 heterocycles. The van der Waals surface area contributed by atoms with E-state index in [2.05, 4.69) is 43.5 Å². The quantitative estimate of drug-likeness (QED) is 0.0215. The van der Waals surface area contributed by atoms with Crippen molar-refractivity contribution < 1.29 is 50.0 Å². The predicted octanol–water partition coefficient (Wildman–Crippen LogP) is 12.5. The summed E-state index contributed by atoms with van der Waals surface area (Å²) >= 11 is 0. The van der Waals surface area contributed by atoms with Crippen molar-refractivity contribution in [1.29, 1.82) is 0 Å². The molecular formula is C59H113NO10. The molecule has 1 saturated heterocycles. The van der Waals surface area contributed by atoms with Crippen LogP contribution < -0.4 is 5.32 Å². The fourth-order valence-electron chi connectivity index (χ4n) is 9.64. The molecule has 1 amide bonds. The molecule has 0 aliphatic carbocycles. The van der Waals surface area contributed by atoms with Crippen LogP contribution in [-0.2, 0) is 14.3 Å². The maximum Gasteiger partial charge on any atom is 0.249 e. The molecule has 0 aromatic rings. The average Bonchev–Trinajstić information content (AvgIpc) is 3.36. The third-order valence-electron chi connectivity index (χ3n) is 14.5. The Morgan fingerprint density at radius 1 is 0.486 bits per heavy atom. The van der Waals surface area contributed by atoms with E-state index in [1.165, 1.54) is 193 Å². The summed E-state index contributed by atoms with van der Waals surface area (Å²) in [6, 6.07) is -1.19. The van der Waals surface area contributed by atoms with Gasteiger partial charge in [0.05, 0.1) is 25.4 Å². The van der Waals surface area contributed by atoms with E-state index >= 15 is 0 Å². The summed E-state index contributed by atoms with van der Waals surface area (Å²) in [4.78, 5) is 13.2. The summed E-state index contributed by atoms with van der Waals surface area (Å²) in [5.74, 6) is -0.705. The first-order valence-electron chi connectivity index (χ1n) is 29.7. The first-order valence-corrected chi connectivity index (χ1v) is 29.7. The molecule has 0 bridgehead atoms. The van der Waals surface area contributed by atoms with Gasteiger partial charge in [-0.15, -0.1) is 0 Å². The Kier molecular flexibility index (Phi) is 46.2. The van der Waals surface area contributed by atoms with Crippen molar-refractivity contribution in [3.8, 4) is 0 Å². The first-order chi connectivity index (χ1) is 34.2. The SMILES string of the molecule is CCCCCCCCCCCC/C=C/CC/C=C/CCCC(O)C(O)C(COC1OC(CO)C(O)C(O)C1O)NC(=O)C(O)CCCCCCCCCCCCCCCCCCCCCCCCCC. The standard InChI is InChI=1S/C59H113NO10/c1-3-5-7-9-11-13-15-17-19-21-23-24-25-26-27-29-31-33-35-37-39-41-43-45-47-52(63)58(68)60-50(49-69-59-57(67)56(66)55(65)53(48-61)70-59)54(64)51(62)46-44-42-40-38-36-34-32-30-28-22-20-18-16-14-12-10-8-6-4-2/h30,32,38,40,50-57,59,61-67H,3-29,31,33-37,39,41-49H2,1-2H3,(H,60,68)/b32-30+,40-38+. The maximum atomic E-state index is 13.2. The first kappa shape index (κ1) is 66.6. The minimum atomic E-state index is -1.67. The normalized spacial score (nSPS) is 20.4. The van der Waals surface area contributed by atoms with Crippen molar-refractivity contribution in [2.75, 3.05) is 13.2 Å². The highest BCUT2D eigenvalue weighted by atomic mass is 16.7. The van der Waals surface area contributed by atoms with Gasteiger partial charge in [-0.25, -0.2) is 0 Å². The topological polar surface area (TPSA) is 189 Å². The number of unbranched alkanes of at least 4 members (excludes halogenated alkanes) is 35. The monoisotopic (exact) mass is 996 g/mol. The predicted molar refractivity (Wildman–Crippen MR) is 289 cm³/mol. The second kappa shape index (κ2) is 48.5. The third-order valence-corrected chi connectivity index (χ3v) is 14.5. The molecule has 11 heteroatoms. The molecule has 9 atom stereocenters. The van der Waals surface area contributed by atoms with Gasteiger partial charge in [0.1, 0.15) is 36.6 Å². The average molecular weight is 997 g/mol. The Morgan fingerprint density at radius 2 is 0.857 bits per heavy atom. The summed E-state index contributed by atoms with van der Waals surface area (Å²) in [7, 11) is 0. The van der Waals surface area contributed by atoms with Crippen LogP contribution in [0, 0.1) is 0 Å². The minimum absolute atomic E-state index is 0.249. The summed E-state index contributed by atoms with van der Waals surface area (Å²) in [6.45, 7) is 3.47. The Bertz CT molecular complexity index is 1190. The van der Waals surface area contributed by atoms with Crippen LogP contribution >= 0.6 is 0 Å². The fraction of sp³-hybridized carbons (Fsp3) is 0.915. The number of hydrogen-bond donors (Lipinski definition) is 8. The summed E-state index contributed by atoms with van der Waals surface area (Å²) in [5, 5.41) is 76.1. The van der Waals surface area contributed by atoms with Crippen LogP contribution in [0.25, 0.3) is 0 Å². The van der Waals surface area contributed by atoms with E-state index < -0.39 is 74.2 Å². The highest BCUT2D eigenvalue weighted by molar-refractivity contribution is 5.80. The molecule has 0 aromatic heterocycles. The lowest BCUT2D eigenvalue weighted by Crippen LogP contribution is -2.60. The fourth-order valence-corrected chi connectivity index (χ4v) is 9.64. The van der Waals surface area contributed by atoms with E-state index in [1.807, 2.05) is 0 Å². The molecule has 1 aliphatic rings. The third kappa shape index (κ3) is 36.5. The van der Waals surface area contributed by atoms with E-state index in [0.29, 0.717) is 19.3 Å². The van der Waals surface area contributed by atoms with E-state index in [-0.39, 0.29) is 12.8 Å². The molecule has 9 unspecified atom stereocenters. The zero-order valence-electron chi connectivity index (χ0n) is 45.3. The van der Waals surface area contributed by atoms with Crippen molar-refractivity contribution in [1.82, 2.24) is 5.32 Å². The van der Waals surface area contributed by atoms with E-state index in [0.717, 1.165) is 38.5 Å². The van der Waals surface area contributed by atoms with Crippen molar-refractivity contribution in [2.45, 2.75) is 332 Å². The van der Waals surface area contributed by atoms with Crippen molar-refractivity contribution in [3.05, 3.63) is 24.3 Å². The number of carbonyl (C=O) groups excluding carboxylic acids is 1. The number of ether oxygens (including phenoxy) is 2. The van der Waals surface area contributed by atoms with Gasteiger partial charge in [-0.1, -0.05) is 250 Å². The molecule has 1 fully saturated rings. The van der Waals surface area contributed by atoms with Gasteiger partial charge in [-0.3, -0.25) is 4.79 Å². The Balaban J connectivity index is 2.31. The number of aliphatic hydroxyl groups is 7. The van der Waals surface area contributed by atoms with Crippen LogP contribution in [0.2, 0.25) is 0 Å². The number of amides is 1. The molecule has 0 aromatic carbocycles. The summed E-state index contributed by atoms with van der Waals surface area (Å²) in [5.41, 5.74) is 0. The lowest BCUT2D eigenvalue weighted by Gasteiger charge is -2.40. The summed E-state index contributed by atoms with van der Waals surface area (Å²) in [6.07, 6.45) is 46.7. The second-order valence-electron chi connectivity index (χ2n) is 21.1. The number of rotatable bonds is 51. The second-order valence-corrected chi connectivity index (χ2v) is 21.1. The molecule has 0 saturated carbocycles. The largest absolute Gasteiger partial charge is 0.394 e. The number of allylic oxidation sites excluding steroid dienone is 4. The lowest BCUT2D eigenvalue weighted by atomic mass is 9.98. The number of aliphatic hydroxyl groups excluding tert-OH is 7. The smallest absolute Gasteiger partial charge is 0.249 e. The van der Waals surface area contributed by atoms with Gasteiger partial charge in [0.15, 0.2) is 6.29 Å². The zero-order valence-corrected chi connectivity index (χ0v) is 45.3. The Labute approximate surface area is 429 Å². The molecule has 11 nitrogen and oxygen atoms in total. The Morgan fingerprint density at radius 3 is 1.27 bits per heavy atom. The molecule has 0 radical (unpaired) electrons. The number of hydrogen-bond acceptors (Lipinski definition) is 10. The molecule has 1 rings (SSSR count). The Hall–Kier alpha value is -1.41. The molecular weight excluding hydrogens is 883 g/mol. The lowest BCUT2D eigenvalue weighted by molar-refractivity contribution is -0.303. The van der Waals surface area contributed by atoms with Gasteiger partial charge in [0.25, 0.3) is 0 Å². The molecule has 8 N–H and O–H groups in total. The molecule has 70 heavy (non-hydrogen) atoms. The van der Waals surface area contributed by atoms with Crippen molar-refractivity contribution in [2.24, 2.45) is 0 Å². The summed E-state index contributed by atoms with van der Waals surface area (Å²) < 4.78 is 11.1. The zero-order chi connectivity index (χ0) is 51.1. The van der Waals surface area contributed by atoms with Gasteiger partial charge in [-0.05, 0) is 51.4 Å². The van der Waals surface area contributed by atoms with Crippen LogP contribution in [0.15, 0.2) is 24.3 Å². The van der Waals surface area contributed by atoms with Crippen LogP contribution in [0.4, 0.5) is 0 Å². The van der Waals surface area contributed by atoms with Crippen LogP contribution in [0.1, 0.15) is 277 Å². The van der Waals surface area contributed by atoms with Crippen molar-refractivity contribution >= 4 is 5.91 Å². The molecule has 1 aliphatic heterocycles. The van der Waals surface area contributed by atoms with Gasteiger partial charge in [0.2, 0.25) is 5.91 Å². The van der Waals surface area contributed by atoms with Crippen molar-refractivity contribution in [3.63, 3.8) is 0 Å². The number of nitrogens with one attached hydrogen (secondary N) is 1. The van der Waals surface area contributed by atoms with E-state index in [9.17, 15) is 40.5 Å². The van der Waals surface area contributed by atoms with E-state index in [1.54, 1.807) is 0 Å². The minimum Gasteiger partial charge on any atom is -0.394 e. The maximum absolute atomic E-state index is 13.2. The van der Waals surface area contributed by atoms with Gasteiger partial charge >= 0.3 is 0 Å². The number of carbonyl (C=O) groups is 1. The van der Waals surface area contributed by atoms with Gasteiger partial charge in [0, 0.05) is 0 Å². The van der Waals surface area contributed by atoms with Crippen LogP contribution in [0.5, 0.6) is 0 Å². The highest BCUT2D eigenvalue weighted by Crippen LogP contribution is 2.23. The van der Waals surface area contributed by atoms with Gasteiger partial charge in [-0.2, -0.15) is 0 Å². The highest BCUT2D eigenvalue weighted by Gasteiger charge is 2.44. The van der Waals surface area contributed by atoms with Crippen LogP contribution in [-0.4, -0.2) is 110 Å². The molecule has 0 spiro atoms. The van der Waals surface area contributed by atoms with Gasteiger partial charge < -0.3 is 50.5 Å². The van der Waals surface area contributed by atoms with Crippen LogP contribution in [0.3, 0.4) is 0 Å². The van der Waals surface area contributed by atoms with E-state index in [4.69, 9.17) is 9.47 Å².